The van der Waals surface area contributed by atoms with Crippen molar-refractivity contribution in [1.82, 2.24) is 4.90 Å². The molecule has 0 aliphatic carbocycles. The van der Waals surface area contributed by atoms with Crippen LogP contribution in [0.25, 0.3) is 0 Å². The Morgan fingerprint density at radius 3 is 2.43 bits per heavy atom. The van der Waals surface area contributed by atoms with E-state index in [0.29, 0.717) is 6.54 Å². The van der Waals surface area contributed by atoms with E-state index in [1.807, 2.05) is 23.1 Å². The molecule has 1 aliphatic heterocycles. The molecule has 1 atom stereocenters. The van der Waals surface area contributed by atoms with Crippen molar-refractivity contribution in [3.8, 4) is 0 Å². The minimum atomic E-state index is -0.391. The van der Waals surface area contributed by atoms with Gasteiger partial charge in [-0.2, -0.15) is 0 Å². The van der Waals surface area contributed by atoms with Gasteiger partial charge in [-0.3, -0.25) is 4.79 Å². The first-order valence-corrected chi connectivity index (χ1v) is 7.74. The predicted octanol–water partition coefficient (Wildman–Crippen LogP) is 3.12. The van der Waals surface area contributed by atoms with Crippen LogP contribution < -0.4 is 5.73 Å². The predicted molar refractivity (Wildman–Crippen MR) is 89.7 cm³/mol. The van der Waals surface area contributed by atoms with Crippen LogP contribution in [-0.4, -0.2) is 29.9 Å². The molecule has 3 nitrogen and oxygen atoms in total. The first-order valence-electron chi connectivity index (χ1n) is 7.74. The topological polar surface area (TPSA) is 46.3 Å². The maximum Gasteiger partial charge on any atom is 0.233 e. The molecule has 0 bridgehead atoms. The lowest BCUT2D eigenvalue weighted by molar-refractivity contribution is -0.139. The van der Waals surface area contributed by atoms with Gasteiger partial charge in [-0.1, -0.05) is 44.2 Å². The molecule has 4 heteroatoms. The quantitative estimate of drug-likeness (QED) is 0.929. The first-order chi connectivity index (χ1) is 9.64. The van der Waals surface area contributed by atoms with Crippen molar-refractivity contribution in [2.75, 3.05) is 13.1 Å². The van der Waals surface area contributed by atoms with Gasteiger partial charge in [0, 0.05) is 19.1 Å². The maximum absolute atomic E-state index is 13.1. The number of carbonyl (C=O) groups excluding carboxylic acids is 1. The molecular weight excluding hydrogens is 284 g/mol. The Bertz CT molecular complexity index is 445. The van der Waals surface area contributed by atoms with E-state index in [-0.39, 0.29) is 24.4 Å². The zero-order valence-corrected chi connectivity index (χ0v) is 13.9. The van der Waals surface area contributed by atoms with Gasteiger partial charge in [-0.25, -0.2) is 0 Å². The molecule has 2 rings (SSSR count). The molecule has 1 aromatic rings. The monoisotopic (exact) mass is 310 g/mol. The molecule has 1 amide bonds. The van der Waals surface area contributed by atoms with E-state index in [1.165, 1.54) is 0 Å². The van der Waals surface area contributed by atoms with E-state index in [1.54, 1.807) is 0 Å². The summed E-state index contributed by atoms with van der Waals surface area (Å²) >= 11 is 0. The summed E-state index contributed by atoms with van der Waals surface area (Å²) < 4.78 is 0. The average Bonchev–Trinajstić information content (AvgIpc) is 2.50. The van der Waals surface area contributed by atoms with E-state index in [2.05, 4.69) is 26.0 Å². The van der Waals surface area contributed by atoms with Crippen molar-refractivity contribution in [2.24, 2.45) is 5.73 Å². The molecule has 0 radical (unpaired) electrons. The number of halogens is 1. The summed E-state index contributed by atoms with van der Waals surface area (Å²) in [6.45, 7) is 5.77. The SMILES string of the molecule is CCC(CC)(C(=O)N1CCCC(N)C1)c1ccccc1.Cl. The third-order valence-corrected chi connectivity index (χ3v) is 4.69. The smallest absolute Gasteiger partial charge is 0.233 e. The molecule has 0 aromatic heterocycles. The number of likely N-dealkylation sites (tertiary alicyclic amines) is 1. The van der Waals surface area contributed by atoms with Gasteiger partial charge in [0.05, 0.1) is 5.41 Å². The zero-order chi connectivity index (χ0) is 14.6. The number of nitrogens with two attached hydrogens (primary N) is 1. The summed E-state index contributed by atoms with van der Waals surface area (Å²) in [6, 6.07) is 10.3. The van der Waals surface area contributed by atoms with Crippen LogP contribution in [0.5, 0.6) is 0 Å². The van der Waals surface area contributed by atoms with Gasteiger partial charge < -0.3 is 10.6 Å². The fraction of sp³-hybridized carbons (Fsp3) is 0.588. The molecule has 0 saturated carbocycles. The molecule has 21 heavy (non-hydrogen) atoms. The summed E-state index contributed by atoms with van der Waals surface area (Å²) in [5, 5.41) is 0. The van der Waals surface area contributed by atoms with Gasteiger partial charge in [-0.05, 0) is 31.2 Å². The van der Waals surface area contributed by atoms with Crippen LogP contribution in [0.15, 0.2) is 30.3 Å². The van der Waals surface area contributed by atoms with Crippen LogP contribution in [0.3, 0.4) is 0 Å². The molecule has 1 heterocycles. The van der Waals surface area contributed by atoms with E-state index >= 15 is 0 Å². The van der Waals surface area contributed by atoms with Crippen LogP contribution in [-0.2, 0) is 10.2 Å². The van der Waals surface area contributed by atoms with Gasteiger partial charge in [0.15, 0.2) is 0 Å². The van der Waals surface area contributed by atoms with E-state index in [4.69, 9.17) is 5.73 Å². The Kier molecular flexibility index (Phi) is 6.69. The van der Waals surface area contributed by atoms with Crippen LogP contribution in [0.2, 0.25) is 0 Å². The van der Waals surface area contributed by atoms with E-state index in [9.17, 15) is 4.79 Å². The molecule has 1 aliphatic rings. The third kappa shape index (κ3) is 3.58. The van der Waals surface area contributed by atoms with Crippen molar-refractivity contribution >= 4 is 18.3 Å². The highest BCUT2D eigenvalue weighted by molar-refractivity contribution is 5.88. The largest absolute Gasteiger partial charge is 0.340 e. The van der Waals surface area contributed by atoms with Crippen molar-refractivity contribution in [2.45, 2.75) is 51.0 Å². The molecule has 1 saturated heterocycles. The number of rotatable bonds is 4. The molecule has 0 spiro atoms. The highest BCUT2D eigenvalue weighted by atomic mass is 35.5. The molecular formula is C17H27ClN2O. The summed E-state index contributed by atoms with van der Waals surface area (Å²) in [5.74, 6) is 0.254. The molecule has 1 unspecified atom stereocenters. The van der Waals surface area contributed by atoms with Crippen LogP contribution in [0.1, 0.15) is 45.1 Å². The second-order valence-corrected chi connectivity index (χ2v) is 5.81. The number of hydrogen-bond donors (Lipinski definition) is 1. The molecule has 1 aromatic carbocycles. The maximum atomic E-state index is 13.1. The Morgan fingerprint density at radius 1 is 1.29 bits per heavy atom. The van der Waals surface area contributed by atoms with Crippen molar-refractivity contribution in [1.29, 1.82) is 0 Å². The van der Waals surface area contributed by atoms with Crippen molar-refractivity contribution in [3.63, 3.8) is 0 Å². The Morgan fingerprint density at radius 2 is 1.90 bits per heavy atom. The van der Waals surface area contributed by atoms with E-state index < -0.39 is 5.41 Å². The molecule has 1 fully saturated rings. The Hall–Kier alpha value is -1.06. The lowest BCUT2D eigenvalue weighted by atomic mass is 9.74. The van der Waals surface area contributed by atoms with Crippen molar-refractivity contribution in [3.05, 3.63) is 35.9 Å². The number of nitrogens with zero attached hydrogens (tertiary/aromatic N) is 1. The molecule has 2 N–H and O–H groups in total. The zero-order valence-electron chi connectivity index (χ0n) is 13.0. The standard InChI is InChI=1S/C17H26N2O.ClH/c1-3-17(4-2,14-9-6-5-7-10-14)16(20)19-12-8-11-15(18)13-19;/h5-7,9-10,15H,3-4,8,11-13,18H2,1-2H3;1H. The number of amides is 1. The number of piperidine rings is 1. The Balaban J connectivity index is 0.00000220. The summed E-state index contributed by atoms with van der Waals surface area (Å²) in [4.78, 5) is 15.1. The van der Waals surface area contributed by atoms with Crippen LogP contribution >= 0.6 is 12.4 Å². The fourth-order valence-corrected chi connectivity index (χ4v) is 3.34. The van der Waals surface area contributed by atoms with Gasteiger partial charge in [0.2, 0.25) is 5.91 Å². The highest BCUT2D eigenvalue weighted by Gasteiger charge is 2.40. The second-order valence-electron chi connectivity index (χ2n) is 5.81. The Labute approximate surface area is 134 Å². The summed E-state index contributed by atoms with van der Waals surface area (Å²) in [6.07, 6.45) is 3.71. The van der Waals surface area contributed by atoms with Gasteiger partial charge >= 0.3 is 0 Å². The normalized spacial score (nSPS) is 19.0. The fourth-order valence-electron chi connectivity index (χ4n) is 3.34. The second kappa shape index (κ2) is 7.81. The van der Waals surface area contributed by atoms with Gasteiger partial charge in [0.1, 0.15) is 0 Å². The van der Waals surface area contributed by atoms with Crippen LogP contribution in [0.4, 0.5) is 0 Å². The lowest BCUT2D eigenvalue weighted by Gasteiger charge is -2.39. The summed E-state index contributed by atoms with van der Waals surface area (Å²) in [5.41, 5.74) is 6.78. The minimum Gasteiger partial charge on any atom is -0.340 e. The van der Waals surface area contributed by atoms with E-state index in [0.717, 1.165) is 37.8 Å². The number of carbonyl (C=O) groups is 1. The first kappa shape index (κ1) is 18.0. The van der Waals surface area contributed by atoms with Crippen LogP contribution in [0, 0.1) is 0 Å². The lowest BCUT2D eigenvalue weighted by Crippen LogP contribution is -2.52. The number of benzene rings is 1. The average molecular weight is 311 g/mol. The molecule has 118 valence electrons. The minimum absolute atomic E-state index is 0. The number of hydrogen-bond acceptors (Lipinski definition) is 2. The van der Waals surface area contributed by atoms with Crippen molar-refractivity contribution < 1.29 is 4.79 Å². The summed E-state index contributed by atoms with van der Waals surface area (Å²) in [7, 11) is 0. The van der Waals surface area contributed by atoms with Gasteiger partial charge in [0.25, 0.3) is 0 Å². The third-order valence-electron chi connectivity index (χ3n) is 4.69. The van der Waals surface area contributed by atoms with Gasteiger partial charge in [-0.15, -0.1) is 12.4 Å². The highest BCUT2D eigenvalue weighted by Crippen LogP contribution is 2.34.